The van der Waals surface area contributed by atoms with Gasteiger partial charge in [0.1, 0.15) is 51.9 Å². The molecule has 0 saturated heterocycles. The van der Waals surface area contributed by atoms with Crippen LogP contribution in [-0.4, -0.2) is 162 Å². The van der Waals surface area contributed by atoms with E-state index in [4.69, 9.17) is 28.7 Å². The molecule has 4 heterocycles. The van der Waals surface area contributed by atoms with Crippen LogP contribution >= 0.6 is 22.7 Å². The SMILES string of the molecule is Cc1c(N)nc([C@H](CC(N)=O)NC[C@H](N)C(N)=O)nc1C(=O)N[C@H](C(=O)N[C@@H]1CC=CC[C@H](C(=O)N[C@H](C(=O)NCCc2nc(-c3nc(C(=O)NCCCNCCCCN)cs3)cs2)[C@@H](C)O)[C@@H]1O)[C@@H](O)c1cnc[nH]1. The highest BCUT2D eigenvalue weighted by atomic mass is 32.1. The van der Waals surface area contributed by atoms with Crippen LogP contribution in [0.1, 0.15) is 101 Å². The van der Waals surface area contributed by atoms with Gasteiger partial charge in [0.25, 0.3) is 11.8 Å². The van der Waals surface area contributed by atoms with Crippen molar-refractivity contribution in [2.45, 2.75) is 107 Å². The number of thiazole rings is 2. The maximum atomic E-state index is 14.2. The van der Waals surface area contributed by atoms with Crippen molar-refractivity contribution in [1.29, 1.82) is 0 Å². The minimum atomic E-state index is -1.82. The van der Waals surface area contributed by atoms with E-state index in [0.717, 1.165) is 32.4 Å². The Kier molecular flexibility index (Phi) is 23.2. The maximum Gasteiger partial charge on any atom is 0.271 e. The summed E-state index contributed by atoms with van der Waals surface area (Å²) in [5.41, 5.74) is 28.7. The molecule has 7 amide bonds. The van der Waals surface area contributed by atoms with E-state index < -0.39 is 96.3 Å². The molecule has 4 aromatic rings. The van der Waals surface area contributed by atoms with Crippen molar-refractivity contribution in [3.8, 4) is 10.7 Å². The Morgan fingerprint density at radius 1 is 0.868 bits per heavy atom. The number of rotatable bonds is 30. The third kappa shape index (κ3) is 17.3. The second-order valence-corrected chi connectivity index (χ2v) is 19.7. The van der Waals surface area contributed by atoms with Crippen LogP contribution in [0.5, 0.6) is 0 Å². The maximum absolute atomic E-state index is 14.2. The Bertz CT molecular complexity index is 2630. The van der Waals surface area contributed by atoms with Crippen molar-refractivity contribution in [1.82, 2.24) is 67.1 Å². The molecule has 0 spiro atoms. The van der Waals surface area contributed by atoms with Gasteiger partial charge in [0.2, 0.25) is 29.5 Å². The fourth-order valence-electron chi connectivity index (χ4n) is 7.70. The first-order valence-corrected chi connectivity index (χ1v) is 26.2. The van der Waals surface area contributed by atoms with Crippen molar-refractivity contribution in [2.24, 2.45) is 28.9 Å². The van der Waals surface area contributed by atoms with Crippen LogP contribution in [0.15, 0.2) is 35.4 Å². The van der Waals surface area contributed by atoms with Crippen molar-refractivity contribution < 1.29 is 48.9 Å². The second-order valence-electron chi connectivity index (χ2n) is 17.9. The number of nitrogen functional groups attached to an aromatic ring is 1. The van der Waals surface area contributed by atoms with Crippen LogP contribution in [0.3, 0.4) is 0 Å². The molecule has 1 aliphatic rings. The predicted octanol–water partition coefficient (Wildman–Crippen LogP) is -3.69. The lowest BCUT2D eigenvalue weighted by Crippen LogP contribution is -2.58. The van der Waals surface area contributed by atoms with E-state index in [-0.39, 0.29) is 72.5 Å². The molecule has 76 heavy (non-hydrogen) atoms. The second kappa shape index (κ2) is 29.4. The Balaban J connectivity index is 1.19. The molecule has 0 saturated carbocycles. The number of hydrogen-bond acceptors (Lipinski definition) is 22. The lowest BCUT2D eigenvalue weighted by molar-refractivity contribution is -0.137. The van der Waals surface area contributed by atoms with Crippen molar-refractivity contribution >= 4 is 69.8 Å². The Morgan fingerprint density at radius 2 is 1.62 bits per heavy atom. The van der Waals surface area contributed by atoms with E-state index in [1.807, 2.05) is 0 Å². The van der Waals surface area contributed by atoms with Crippen LogP contribution in [-0.2, 0) is 30.4 Å². The van der Waals surface area contributed by atoms with E-state index in [2.05, 4.69) is 67.1 Å². The van der Waals surface area contributed by atoms with Gasteiger partial charge in [0, 0.05) is 48.8 Å². The Labute approximate surface area is 445 Å². The van der Waals surface area contributed by atoms with Crippen LogP contribution in [0.25, 0.3) is 10.7 Å². The summed E-state index contributed by atoms with van der Waals surface area (Å²) >= 11 is 2.60. The van der Waals surface area contributed by atoms with Gasteiger partial charge in [-0.05, 0) is 65.6 Å². The van der Waals surface area contributed by atoms with Crippen molar-refractivity contribution in [2.75, 3.05) is 45.0 Å². The Hall–Kier alpha value is -6.90. The number of anilines is 1. The third-order valence-corrected chi connectivity index (χ3v) is 13.8. The molecule has 21 N–H and O–H groups in total. The van der Waals surface area contributed by atoms with Gasteiger partial charge in [-0.2, -0.15) is 0 Å². The molecular formula is C46H68N18O10S2. The zero-order chi connectivity index (χ0) is 55.5. The predicted molar refractivity (Wildman–Crippen MR) is 279 cm³/mol. The molecule has 0 aromatic carbocycles. The number of primary amides is 2. The number of carbonyl (C=O) groups is 7. The van der Waals surface area contributed by atoms with E-state index in [9.17, 15) is 48.9 Å². The molecule has 28 nitrogen and oxygen atoms in total. The summed E-state index contributed by atoms with van der Waals surface area (Å²) in [4.78, 5) is 116. The zero-order valence-electron chi connectivity index (χ0n) is 42.0. The normalized spacial score (nSPS) is 17.8. The number of carbonyl (C=O) groups excluding carboxylic acids is 7. The number of nitrogens with two attached hydrogens (primary N) is 5. The van der Waals surface area contributed by atoms with Crippen LogP contribution in [0, 0.1) is 12.8 Å². The summed E-state index contributed by atoms with van der Waals surface area (Å²) in [5, 5.41) is 57.8. The molecule has 9 atom stereocenters. The highest BCUT2D eigenvalue weighted by molar-refractivity contribution is 7.14. The summed E-state index contributed by atoms with van der Waals surface area (Å²) in [5.74, 6) is -7.19. The van der Waals surface area contributed by atoms with Crippen LogP contribution in [0.4, 0.5) is 5.82 Å². The minimum absolute atomic E-state index is 0.00545. The number of amides is 7. The average Bonchev–Trinajstić information content (AvgIpc) is 4.19. The number of imidazole rings is 1. The fraction of sp³-hybridized carbons (Fsp3) is 0.522. The number of nitrogens with one attached hydrogen (secondary N) is 8. The summed E-state index contributed by atoms with van der Waals surface area (Å²) < 4.78 is 0. The van der Waals surface area contributed by atoms with E-state index in [1.165, 1.54) is 49.0 Å². The van der Waals surface area contributed by atoms with Gasteiger partial charge in [-0.15, -0.1) is 22.7 Å². The topological polar surface area (TPSA) is 475 Å². The number of aliphatic hydroxyl groups excluding tert-OH is 3. The van der Waals surface area contributed by atoms with E-state index in [0.29, 0.717) is 28.8 Å². The number of nitrogens with zero attached hydrogens (tertiary/aromatic N) is 5. The molecule has 30 heteroatoms. The number of aromatic nitrogens is 6. The lowest BCUT2D eigenvalue weighted by Gasteiger charge is -2.31. The number of aromatic amines is 1. The Morgan fingerprint density at radius 3 is 2.32 bits per heavy atom. The standard InChI is InChI=1S/C46H68N18O10S2/c1-22-33(61-40(64-38(22)50)27(16-31(49)66)56-17-25(48)39(51)69)44(73)63-35(37(68)28-18-53-21-57-28)45(74)59-26-9-4-3-8-24(36(26)67)41(70)62-34(23(2)65)43(72)55-15-10-32-58-30(20-75-32)46-60-29(19-76-46)42(71)54-14-7-13-52-12-6-5-11-47/h3-4,18-21,23-27,34-37,52,56,65,67-68H,5-17,47-48H2,1-2H3,(H2,49,66)(H2,51,69)(H,53,57)(H,54,71)(H,55,72)(H,59,74)(H,62,70)(H,63,73)(H2,50,61,64)/t23-,24+,25+,26-,27+,34+,35+,36+,37+/m1/s1. The summed E-state index contributed by atoms with van der Waals surface area (Å²) in [6, 6.07) is -6.76. The molecule has 0 aliphatic heterocycles. The van der Waals surface area contributed by atoms with Crippen molar-refractivity contribution in [3.05, 3.63) is 68.9 Å². The van der Waals surface area contributed by atoms with Gasteiger partial charge in [-0.25, -0.2) is 24.9 Å². The highest BCUT2D eigenvalue weighted by Crippen LogP contribution is 2.27. The van der Waals surface area contributed by atoms with Crippen LogP contribution < -0.4 is 65.9 Å². The number of allylic oxidation sites excluding steroid dienone is 1. The molecule has 5 rings (SSSR count). The first-order valence-electron chi connectivity index (χ1n) is 24.5. The van der Waals surface area contributed by atoms with Gasteiger partial charge >= 0.3 is 0 Å². The van der Waals surface area contributed by atoms with E-state index in [1.54, 1.807) is 22.9 Å². The average molecular weight is 1100 g/mol. The van der Waals surface area contributed by atoms with Gasteiger partial charge in [0.05, 0.1) is 59.5 Å². The number of aliphatic hydroxyl groups is 3. The molecule has 1 aliphatic carbocycles. The van der Waals surface area contributed by atoms with Crippen molar-refractivity contribution in [3.63, 3.8) is 0 Å². The summed E-state index contributed by atoms with van der Waals surface area (Å²) in [7, 11) is 0. The monoisotopic (exact) mass is 1100 g/mol. The molecule has 0 fully saturated rings. The minimum Gasteiger partial charge on any atom is -0.391 e. The van der Waals surface area contributed by atoms with E-state index >= 15 is 0 Å². The molecular weight excluding hydrogens is 1030 g/mol. The highest BCUT2D eigenvalue weighted by Gasteiger charge is 2.40. The molecule has 0 bridgehead atoms. The smallest absolute Gasteiger partial charge is 0.271 e. The number of hydrogen-bond donors (Lipinski definition) is 16. The van der Waals surface area contributed by atoms with Gasteiger partial charge in [-0.1, -0.05) is 12.2 Å². The fourth-order valence-corrected chi connectivity index (χ4v) is 9.31. The first-order chi connectivity index (χ1) is 36.3. The lowest BCUT2D eigenvalue weighted by atomic mass is 9.92. The molecule has 0 unspecified atom stereocenters. The summed E-state index contributed by atoms with van der Waals surface area (Å²) in [6.45, 7) is 5.36. The number of H-pyrrole nitrogens is 1. The zero-order valence-corrected chi connectivity index (χ0v) is 43.6. The molecule has 0 radical (unpaired) electrons. The van der Waals surface area contributed by atoms with Gasteiger partial charge < -0.3 is 86.2 Å². The quantitative estimate of drug-likeness (QED) is 0.0177. The molecule has 4 aromatic heterocycles. The van der Waals surface area contributed by atoms with Crippen LogP contribution in [0.2, 0.25) is 0 Å². The number of unbranched alkanes of at least 4 members (excludes halogenated alkanes) is 1. The largest absolute Gasteiger partial charge is 0.391 e. The van der Waals surface area contributed by atoms with Gasteiger partial charge in [-0.3, -0.25) is 33.6 Å². The third-order valence-electron chi connectivity index (χ3n) is 12.1. The first kappa shape index (κ1) is 60.0. The summed E-state index contributed by atoms with van der Waals surface area (Å²) in [6.07, 6.45) is 3.44. The molecule has 414 valence electrons. The van der Waals surface area contributed by atoms with Gasteiger partial charge in [0.15, 0.2) is 0 Å².